The van der Waals surface area contributed by atoms with Crippen molar-refractivity contribution in [3.63, 3.8) is 0 Å². The molecule has 0 N–H and O–H groups in total. The van der Waals surface area contributed by atoms with E-state index in [9.17, 15) is 27.2 Å². The molecule has 3 heterocycles. The van der Waals surface area contributed by atoms with Crippen LogP contribution in [0.25, 0.3) is 22.0 Å². The van der Waals surface area contributed by atoms with Crippen molar-refractivity contribution in [1.82, 2.24) is 14.5 Å². The highest BCUT2D eigenvalue weighted by Crippen LogP contribution is 2.50. The molecule has 2 aromatic carbocycles. The number of amides is 1. The largest absolute Gasteiger partial charge is 0.417 e. The predicted molar refractivity (Wildman–Crippen MR) is 174 cm³/mol. The van der Waals surface area contributed by atoms with E-state index in [4.69, 9.17) is 16.3 Å². The standard InChI is InChI=1S/C28H29B3ClF5N4O3S/c1-11-7-39(8-12(2)40(11)26(42)21(29)24(30)31)25-15-4-16(28(35,36)37)20(14-5-17(32)19(34)6-18(14)33)23-22(15)41(27(43)38-25)13(9-44-3)10-45-23/h4-6,11-13H,7-10,29-31H2,1-3H3/t11-,12+,13-/m0/s1. The van der Waals surface area contributed by atoms with Gasteiger partial charge in [0, 0.05) is 65.5 Å². The molecule has 2 aliphatic heterocycles. The van der Waals surface area contributed by atoms with Crippen LogP contribution in [-0.2, 0) is 15.7 Å². The molecule has 2 aliphatic rings. The molecule has 5 rings (SSSR count). The minimum Gasteiger partial charge on any atom is -0.383 e. The van der Waals surface area contributed by atoms with Crippen molar-refractivity contribution in [1.29, 1.82) is 0 Å². The van der Waals surface area contributed by atoms with Gasteiger partial charge in [0.05, 0.1) is 28.8 Å². The van der Waals surface area contributed by atoms with Crippen molar-refractivity contribution >= 4 is 69.5 Å². The highest BCUT2D eigenvalue weighted by atomic mass is 35.5. The summed E-state index contributed by atoms with van der Waals surface area (Å²) in [7, 11) is 6.88. The summed E-state index contributed by atoms with van der Waals surface area (Å²) in [5.74, 6) is -2.30. The Morgan fingerprint density at radius 2 is 1.76 bits per heavy atom. The van der Waals surface area contributed by atoms with E-state index in [2.05, 4.69) is 4.98 Å². The molecule has 0 unspecified atom stereocenters. The average Bonchev–Trinajstić information content (AvgIpc) is 2.95. The van der Waals surface area contributed by atoms with Crippen LogP contribution in [0.4, 0.5) is 27.8 Å². The molecule has 236 valence electrons. The summed E-state index contributed by atoms with van der Waals surface area (Å²) in [6, 6.07) is 0.846. The van der Waals surface area contributed by atoms with Crippen LogP contribution in [0.2, 0.25) is 5.02 Å². The van der Waals surface area contributed by atoms with Gasteiger partial charge in [-0.1, -0.05) is 11.6 Å². The molecule has 3 atom stereocenters. The molecule has 7 nitrogen and oxygen atoms in total. The quantitative estimate of drug-likeness (QED) is 0.181. The summed E-state index contributed by atoms with van der Waals surface area (Å²) < 4.78 is 80.5. The number of alkyl halides is 3. The number of rotatable bonds is 5. The Labute approximate surface area is 268 Å². The molecule has 0 radical (unpaired) electrons. The lowest BCUT2D eigenvalue weighted by Gasteiger charge is -2.45. The Bertz CT molecular complexity index is 1790. The summed E-state index contributed by atoms with van der Waals surface area (Å²) in [4.78, 5) is 34.8. The van der Waals surface area contributed by atoms with Gasteiger partial charge in [0.2, 0.25) is 5.91 Å². The van der Waals surface area contributed by atoms with Gasteiger partial charge in [0.1, 0.15) is 41.0 Å². The second kappa shape index (κ2) is 12.3. The van der Waals surface area contributed by atoms with Crippen LogP contribution in [0.1, 0.15) is 25.5 Å². The van der Waals surface area contributed by atoms with Gasteiger partial charge in [-0.05, 0) is 31.5 Å². The smallest absolute Gasteiger partial charge is 0.383 e. The molecule has 0 spiro atoms. The second-order valence-electron chi connectivity index (χ2n) is 11.7. The third-order valence-electron chi connectivity index (χ3n) is 8.40. The lowest BCUT2D eigenvalue weighted by Crippen LogP contribution is -2.59. The summed E-state index contributed by atoms with van der Waals surface area (Å²) in [6.07, 6.45) is -4.97. The maximum absolute atomic E-state index is 15.2. The Morgan fingerprint density at radius 3 is 2.33 bits per heavy atom. The number of nitrogens with zero attached hydrogens (tertiary/aromatic N) is 4. The number of carbonyl (C=O) groups excluding carboxylic acids is 1. The zero-order valence-corrected chi connectivity index (χ0v) is 27.1. The number of halogens is 6. The van der Waals surface area contributed by atoms with E-state index in [0.29, 0.717) is 11.5 Å². The van der Waals surface area contributed by atoms with Gasteiger partial charge in [0.15, 0.2) is 0 Å². The molecule has 1 fully saturated rings. The second-order valence-corrected chi connectivity index (χ2v) is 13.2. The highest BCUT2D eigenvalue weighted by molar-refractivity contribution is 7.99. The fourth-order valence-electron chi connectivity index (χ4n) is 6.16. The molecular formula is C28H29B3ClF5N4O3S. The lowest BCUT2D eigenvalue weighted by molar-refractivity contribution is -0.137. The number of hydrogen-bond acceptors (Lipinski definition) is 6. The van der Waals surface area contributed by atoms with E-state index >= 15 is 4.39 Å². The number of carbonyl (C=O) groups is 1. The molecule has 1 amide bonds. The Hall–Kier alpha value is -2.97. The van der Waals surface area contributed by atoms with Crippen LogP contribution in [0.15, 0.2) is 38.7 Å². The number of thioether (sulfide) groups is 1. The van der Waals surface area contributed by atoms with Crippen molar-refractivity contribution in [3.8, 4) is 11.1 Å². The SMILES string of the molecule is BC(B)=C(B)C(=O)N1[C@H](C)CN(c2nc(=O)n3c4c(c(-c5cc(Cl)c(F)cc5F)c(C(F)(F)F)cc24)SC[C@@H]3COC)C[C@@H]1C. The number of aromatic nitrogens is 2. The summed E-state index contributed by atoms with van der Waals surface area (Å²) in [5, 5.41) is 0.372. The first-order valence-corrected chi connectivity index (χ1v) is 15.6. The molecule has 1 saturated heterocycles. The Morgan fingerprint density at radius 1 is 1.11 bits per heavy atom. The fraction of sp³-hybridized carbons (Fsp3) is 0.393. The molecule has 1 aromatic heterocycles. The zero-order valence-electron chi connectivity index (χ0n) is 25.5. The molecule has 3 aromatic rings. The summed E-state index contributed by atoms with van der Waals surface area (Å²) >= 11 is 6.95. The van der Waals surface area contributed by atoms with E-state index < -0.39 is 51.3 Å². The third-order valence-corrected chi connectivity index (χ3v) is 9.92. The van der Waals surface area contributed by atoms with Crippen LogP contribution in [0.5, 0.6) is 0 Å². The predicted octanol–water partition coefficient (Wildman–Crippen LogP) is 2.80. The van der Waals surface area contributed by atoms with E-state index in [-0.39, 0.29) is 65.1 Å². The molecule has 0 bridgehead atoms. The Balaban J connectivity index is 1.79. The molecule has 45 heavy (non-hydrogen) atoms. The van der Waals surface area contributed by atoms with E-state index in [1.165, 1.54) is 11.7 Å². The highest BCUT2D eigenvalue weighted by Gasteiger charge is 2.41. The normalized spacial score (nSPS) is 20.1. The molecular weight excluding hydrogens is 635 g/mol. The Kier molecular flexibility index (Phi) is 9.15. The number of methoxy groups -OCH3 is 1. The zero-order chi connectivity index (χ0) is 33.1. The van der Waals surface area contributed by atoms with Gasteiger partial charge in [-0.15, -0.1) is 17.1 Å². The van der Waals surface area contributed by atoms with Gasteiger partial charge in [-0.3, -0.25) is 9.36 Å². The molecule has 17 heteroatoms. The minimum atomic E-state index is -4.97. The third kappa shape index (κ3) is 5.89. The monoisotopic (exact) mass is 664 g/mol. The lowest BCUT2D eigenvalue weighted by atomic mass is 9.69. The van der Waals surface area contributed by atoms with Gasteiger partial charge in [0.25, 0.3) is 0 Å². The summed E-state index contributed by atoms with van der Waals surface area (Å²) in [6.45, 7) is 4.15. The first kappa shape index (κ1) is 33.4. The van der Waals surface area contributed by atoms with Crippen molar-refractivity contribution in [2.24, 2.45) is 0 Å². The van der Waals surface area contributed by atoms with E-state index in [0.717, 1.165) is 29.3 Å². The van der Waals surface area contributed by atoms with Crippen LogP contribution in [0.3, 0.4) is 0 Å². The van der Waals surface area contributed by atoms with E-state index in [1.54, 1.807) is 17.6 Å². The van der Waals surface area contributed by atoms with Crippen LogP contribution in [-0.4, -0.2) is 88.5 Å². The number of benzene rings is 2. The number of piperazine rings is 1. The van der Waals surface area contributed by atoms with Crippen molar-refractivity contribution in [2.45, 2.75) is 43.0 Å². The van der Waals surface area contributed by atoms with Crippen molar-refractivity contribution in [2.75, 3.05) is 37.5 Å². The van der Waals surface area contributed by atoms with Crippen LogP contribution >= 0.6 is 23.4 Å². The number of ether oxygens (including phenoxy) is 1. The van der Waals surface area contributed by atoms with Crippen LogP contribution in [0, 0.1) is 11.6 Å². The summed E-state index contributed by atoms with van der Waals surface area (Å²) in [5.41, 5.74) is -2.20. The molecule has 0 saturated carbocycles. The minimum absolute atomic E-state index is 0.00333. The number of hydrogen-bond donors (Lipinski definition) is 0. The van der Waals surface area contributed by atoms with Gasteiger partial charge < -0.3 is 14.5 Å². The van der Waals surface area contributed by atoms with Crippen molar-refractivity contribution < 1.29 is 31.5 Å². The van der Waals surface area contributed by atoms with Gasteiger partial charge >= 0.3 is 11.9 Å². The molecule has 0 aliphatic carbocycles. The first-order valence-electron chi connectivity index (χ1n) is 14.3. The maximum Gasteiger partial charge on any atom is 0.417 e. The number of anilines is 1. The van der Waals surface area contributed by atoms with E-state index in [1.807, 2.05) is 29.5 Å². The first-order chi connectivity index (χ1) is 21.1. The topological polar surface area (TPSA) is 67.7 Å². The average molecular weight is 665 g/mol. The van der Waals surface area contributed by atoms with Crippen molar-refractivity contribution in [3.05, 3.63) is 61.7 Å². The van der Waals surface area contributed by atoms with Gasteiger partial charge in [-0.25, -0.2) is 13.6 Å². The fourth-order valence-corrected chi connectivity index (χ4v) is 7.63. The van der Waals surface area contributed by atoms with Gasteiger partial charge in [-0.2, -0.15) is 18.2 Å². The van der Waals surface area contributed by atoms with Crippen LogP contribution < -0.4 is 10.6 Å². The maximum atomic E-state index is 15.2.